The van der Waals surface area contributed by atoms with Crippen LogP contribution in [0.1, 0.15) is 37.7 Å². The molecule has 0 spiro atoms. The summed E-state index contributed by atoms with van der Waals surface area (Å²) in [4.78, 5) is 0.170. The van der Waals surface area contributed by atoms with Gasteiger partial charge in [0.05, 0.1) is 18.6 Å². The molecule has 6 heteroatoms. The van der Waals surface area contributed by atoms with Gasteiger partial charge in [-0.05, 0) is 37.0 Å². The lowest BCUT2D eigenvalue weighted by Crippen LogP contribution is -2.30. The highest BCUT2D eigenvalue weighted by Crippen LogP contribution is 2.25. The molecule has 1 fully saturated rings. The van der Waals surface area contributed by atoms with Crippen LogP contribution >= 0.6 is 0 Å². The number of benzene rings is 1. The predicted molar refractivity (Wildman–Crippen MR) is 80.7 cm³/mol. The SMILES string of the molecule is COc1ccc(S(=O)(=O)NCC2CCCCC2)cc1CO. The second-order valence-electron chi connectivity index (χ2n) is 5.49. The quantitative estimate of drug-likeness (QED) is 0.843. The first kappa shape index (κ1) is 16.3. The molecule has 0 aliphatic heterocycles. The zero-order valence-corrected chi connectivity index (χ0v) is 13.2. The summed E-state index contributed by atoms with van der Waals surface area (Å²) < 4.78 is 32.4. The van der Waals surface area contributed by atoms with Crippen LogP contribution in [0.25, 0.3) is 0 Å². The zero-order chi connectivity index (χ0) is 15.3. The summed E-state index contributed by atoms with van der Waals surface area (Å²) in [6, 6.07) is 4.53. The number of hydrogen-bond acceptors (Lipinski definition) is 4. The number of ether oxygens (including phenoxy) is 1. The molecular formula is C15H23NO4S. The molecule has 118 valence electrons. The maximum atomic E-state index is 12.3. The Kier molecular flexibility index (Phi) is 5.61. The maximum Gasteiger partial charge on any atom is 0.240 e. The second kappa shape index (κ2) is 7.24. The highest BCUT2D eigenvalue weighted by Gasteiger charge is 2.19. The van der Waals surface area contributed by atoms with Crippen LogP contribution < -0.4 is 9.46 Å². The third-order valence-electron chi connectivity index (χ3n) is 4.02. The first-order valence-corrected chi connectivity index (χ1v) is 8.82. The summed E-state index contributed by atoms with van der Waals surface area (Å²) >= 11 is 0. The van der Waals surface area contributed by atoms with Crippen LogP contribution in [0.4, 0.5) is 0 Å². The van der Waals surface area contributed by atoms with E-state index in [2.05, 4.69) is 4.72 Å². The summed E-state index contributed by atoms with van der Waals surface area (Å²) in [5, 5.41) is 9.28. The van der Waals surface area contributed by atoms with Gasteiger partial charge in [0.25, 0.3) is 0 Å². The molecule has 0 radical (unpaired) electrons. The van der Waals surface area contributed by atoms with Crippen molar-refractivity contribution < 1.29 is 18.3 Å². The minimum Gasteiger partial charge on any atom is -0.496 e. The van der Waals surface area contributed by atoms with Gasteiger partial charge in [0.15, 0.2) is 0 Å². The Morgan fingerprint density at radius 1 is 1.29 bits per heavy atom. The van der Waals surface area contributed by atoms with Gasteiger partial charge in [-0.25, -0.2) is 13.1 Å². The first-order valence-electron chi connectivity index (χ1n) is 7.34. The molecule has 0 atom stereocenters. The fraction of sp³-hybridized carbons (Fsp3) is 0.600. The van der Waals surface area contributed by atoms with E-state index >= 15 is 0 Å². The smallest absolute Gasteiger partial charge is 0.240 e. The summed E-state index contributed by atoms with van der Waals surface area (Å²) in [6.45, 7) is 0.234. The van der Waals surface area contributed by atoms with E-state index in [-0.39, 0.29) is 11.5 Å². The van der Waals surface area contributed by atoms with E-state index in [1.165, 1.54) is 38.5 Å². The van der Waals surface area contributed by atoms with Gasteiger partial charge in [-0.15, -0.1) is 0 Å². The van der Waals surface area contributed by atoms with Gasteiger partial charge in [0.1, 0.15) is 5.75 Å². The van der Waals surface area contributed by atoms with Crippen molar-refractivity contribution in [1.29, 1.82) is 0 Å². The Balaban J connectivity index is 2.07. The Morgan fingerprint density at radius 2 is 2.00 bits per heavy atom. The fourth-order valence-electron chi connectivity index (χ4n) is 2.75. The van der Waals surface area contributed by atoms with E-state index in [4.69, 9.17) is 4.74 Å². The molecule has 1 saturated carbocycles. The Morgan fingerprint density at radius 3 is 2.62 bits per heavy atom. The first-order chi connectivity index (χ1) is 10.1. The highest BCUT2D eigenvalue weighted by atomic mass is 32.2. The molecule has 1 aliphatic carbocycles. The number of aliphatic hydroxyl groups is 1. The summed E-state index contributed by atoms with van der Waals surface area (Å²) in [5.74, 6) is 0.924. The number of rotatable bonds is 6. The normalized spacial score (nSPS) is 16.9. The van der Waals surface area contributed by atoms with E-state index in [0.29, 0.717) is 23.8 Å². The lowest BCUT2D eigenvalue weighted by Gasteiger charge is -2.21. The second-order valence-corrected chi connectivity index (χ2v) is 7.25. The molecule has 0 unspecified atom stereocenters. The molecule has 5 nitrogen and oxygen atoms in total. The molecular weight excluding hydrogens is 290 g/mol. The average molecular weight is 313 g/mol. The van der Waals surface area contributed by atoms with E-state index in [0.717, 1.165) is 12.8 Å². The lowest BCUT2D eigenvalue weighted by atomic mass is 9.90. The largest absolute Gasteiger partial charge is 0.496 e. The zero-order valence-electron chi connectivity index (χ0n) is 12.3. The van der Waals surface area contributed by atoms with E-state index in [9.17, 15) is 13.5 Å². The van der Waals surface area contributed by atoms with Crippen LogP contribution in [0, 0.1) is 5.92 Å². The fourth-order valence-corrected chi connectivity index (χ4v) is 3.91. The molecule has 0 heterocycles. The number of aliphatic hydroxyl groups excluding tert-OH is 1. The van der Waals surface area contributed by atoms with Crippen LogP contribution in [-0.2, 0) is 16.6 Å². The summed E-state index contributed by atoms with van der Waals surface area (Å²) in [5.41, 5.74) is 0.470. The monoisotopic (exact) mass is 313 g/mol. The number of nitrogens with one attached hydrogen (secondary N) is 1. The maximum absolute atomic E-state index is 12.3. The molecule has 1 aliphatic rings. The van der Waals surface area contributed by atoms with Crippen molar-refractivity contribution in [2.75, 3.05) is 13.7 Å². The Labute approximate surface area is 126 Å². The van der Waals surface area contributed by atoms with Gasteiger partial charge >= 0.3 is 0 Å². The Bertz CT molecular complexity index is 565. The van der Waals surface area contributed by atoms with Gasteiger partial charge < -0.3 is 9.84 Å². The molecule has 0 saturated heterocycles. The van der Waals surface area contributed by atoms with Crippen molar-refractivity contribution in [2.45, 2.75) is 43.6 Å². The van der Waals surface area contributed by atoms with E-state index in [1.54, 1.807) is 6.07 Å². The Hall–Kier alpha value is -1.11. The van der Waals surface area contributed by atoms with Crippen molar-refractivity contribution in [1.82, 2.24) is 4.72 Å². The molecule has 2 rings (SSSR count). The van der Waals surface area contributed by atoms with Crippen LogP contribution in [0.15, 0.2) is 23.1 Å². The molecule has 0 aromatic heterocycles. The van der Waals surface area contributed by atoms with Gasteiger partial charge in [0.2, 0.25) is 10.0 Å². The molecule has 0 bridgehead atoms. The van der Waals surface area contributed by atoms with Crippen molar-refractivity contribution in [2.24, 2.45) is 5.92 Å². The van der Waals surface area contributed by atoms with Crippen LogP contribution in [0.2, 0.25) is 0 Å². The average Bonchev–Trinajstić information content (AvgIpc) is 2.53. The molecule has 1 aromatic rings. The lowest BCUT2D eigenvalue weighted by molar-refractivity contribution is 0.273. The van der Waals surface area contributed by atoms with Gasteiger partial charge in [-0.1, -0.05) is 19.3 Å². The third kappa shape index (κ3) is 4.18. The molecule has 1 aromatic carbocycles. The minimum absolute atomic E-state index is 0.170. The van der Waals surface area contributed by atoms with Crippen molar-refractivity contribution >= 4 is 10.0 Å². The van der Waals surface area contributed by atoms with Gasteiger partial charge in [-0.3, -0.25) is 0 Å². The van der Waals surface area contributed by atoms with E-state index in [1.807, 2.05) is 0 Å². The van der Waals surface area contributed by atoms with Crippen LogP contribution in [0.3, 0.4) is 0 Å². The highest BCUT2D eigenvalue weighted by molar-refractivity contribution is 7.89. The summed E-state index contributed by atoms with van der Waals surface area (Å²) in [6.07, 6.45) is 5.80. The number of methoxy groups -OCH3 is 1. The van der Waals surface area contributed by atoms with E-state index < -0.39 is 10.0 Å². The third-order valence-corrected chi connectivity index (χ3v) is 5.44. The summed E-state index contributed by atoms with van der Waals surface area (Å²) in [7, 11) is -2.04. The molecule has 2 N–H and O–H groups in total. The van der Waals surface area contributed by atoms with Crippen molar-refractivity contribution in [3.8, 4) is 5.75 Å². The molecule has 0 amide bonds. The van der Waals surface area contributed by atoms with Crippen molar-refractivity contribution in [3.63, 3.8) is 0 Å². The van der Waals surface area contributed by atoms with Crippen LogP contribution in [-0.4, -0.2) is 27.2 Å². The standard InChI is InChI=1S/C15H23NO4S/c1-20-15-8-7-14(9-13(15)11-17)21(18,19)16-10-12-5-3-2-4-6-12/h7-9,12,16-17H,2-6,10-11H2,1H3. The van der Waals surface area contributed by atoms with Crippen LogP contribution in [0.5, 0.6) is 5.75 Å². The van der Waals surface area contributed by atoms with Crippen molar-refractivity contribution in [3.05, 3.63) is 23.8 Å². The predicted octanol–water partition coefficient (Wildman–Crippen LogP) is 2.05. The number of hydrogen-bond donors (Lipinski definition) is 2. The van der Waals surface area contributed by atoms with Gasteiger partial charge in [0, 0.05) is 12.1 Å². The minimum atomic E-state index is -3.53. The topological polar surface area (TPSA) is 75.6 Å². The molecule has 21 heavy (non-hydrogen) atoms. The van der Waals surface area contributed by atoms with Gasteiger partial charge in [-0.2, -0.15) is 0 Å². The number of sulfonamides is 1.